The third-order valence-electron chi connectivity index (χ3n) is 4.77. The van der Waals surface area contributed by atoms with Gasteiger partial charge in [-0.15, -0.1) is 0 Å². The van der Waals surface area contributed by atoms with E-state index < -0.39 is 5.82 Å². The van der Waals surface area contributed by atoms with Crippen molar-refractivity contribution in [1.82, 2.24) is 14.9 Å². The fourth-order valence-corrected chi connectivity index (χ4v) is 3.27. The molecule has 150 valence electrons. The topological polar surface area (TPSA) is 70.6 Å². The normalized spacial score (nSPS) is 14.2. The Morgan fingerprint density at radius 1 is 1.03 bits per heavy atom. The SMILES string of the molecule is COc1nc2cc(F)ccc2nc1NC(=O)N1CCN(c2ccccc2F)CC1. The number of para-hydroxylation sites is 1. The molecule has 1 N–H and O–H groups in total. The average molecular weight is 399 g/mol. The number of hydrogen-bond donors (Lipinski definition) is 1. The number of rotatable bonds is 3. The first-order valence-corrected chi connectivity index (χ1v) is 9.12. The van der Waals surface area contributed by atoms with E-state index in [4.69, 9.17) is 4.74 Å². The van der Waals surface area contributed by atoms with Gasteiger partial charge in [0, 0.05) is 32.2 Å². The number of halogens is 2. The van der Waals surface area contributed by atoms with E-state index in [1.807, 2.05) is 4.90 Å². The summed E-state index contributed by atoms with van der Waals surface area (Å²) in [4.78, 5) is 24.7. The molecular weight excluding hydrogens is 380 g/mol. The van der Waals surface area contributed by atoms with Gasteiger partial charge < -0.3 is 14.5 Å². The summed E-state index contributed by atoms with van der Waals surface area (Å²) in [5.74, 6) is -0.453. The highest BCUT2D eigenvalue weighted by molar-refractivity contribution is 5.91. The number of aromatic nitrogens is 2. The van der Waals surface area contributed by atoms with Crippen LogP contribution in [-0.4, -0.2) is 54.2 Å². The van der Waals surface area contributed by atoms with E-state index in [2.05, 4.69) is 15.3 Å². The van der Waals surface area contributed by atoms with Crippen molar-refractivity contribution < 1.29 is 18.3 Å². The number of carbonyl (C=O) groups is 1. The van der Waals surface area contributed by atoms with Gasteiger partial charge in [-0.2, -0.15) is 0 Å². The van der Waals surface area contributed by atoms with E-state index in [9.17, 15) is 13.6 Å². The number of methoxy groups -OCH3 is 1. The van der Waals surface area contributed by atoms with Gasteiger partial charge >= 0.3 is 6.03 Å². The van der Waals surface area contributed by atoms with Gasteiger partial charge in [-0.3, -0.25) is 5.32 Å². The summed E-state index contributed by atoms with van der Waals surface area (Å²) < 4.78 is 32.5. The van der Waals surface area contributed by atoms with Crippen molar-refractivity contribution in [3.8, 4) is 5.88 Å². The van der Waals surface area contributed by atoms with E-state index in [1.165, 1.54) is 31.4 Å². The number of nitrogens with zero attached hydrogens (tertiary/aromatic N) is 4. The molecule has 1 aromatic heterocycles. The fourth-order valence-electron chi connectivity index (χ4n) is 3.27. The van der Waals surface area contributed by atoms with Gasteiger partial charge in [0.2, 0.25) is 0 Å². The summed E-state index contributed by atoms with van der Waals surface area (Å²) >= 11 is 0. The summed E-state index contributed by atoms with van der Waals surface area (Å²) in [5.41, 5.74) is 1.30. The smallest absolute Gasteiger partial charge is 0.323 e. The Morgan fingerprint density at radius 3 is 2.52 bits per heavy atom. The number of hydrogen-bond acceptors (Lipinski definition) is 5. The minimum atomic E-state index is -0.432. The zero-order chi connectivity index (χ0) is 20.4. The van der Waals surface area contributed by atoms with Crippen LogP contribution in [0.4, 0.5) is 25.1 Å². The Labute approximate surface area is 165 Å². The largest absolute Gasteiger partial charge is 0.478 e. The molecule has 1 aliphatic heterocycles. The third kappa shape index (κ3) is 3.89. The molecule has 2 aromatic carbocycles. The van der Waals surface area contributed by atoms with Gasteiger partial charge in [-0.1, -0.05) is 12.1 Å². The lowest BCUT2D eigenvalue weighted by atomic mass is 10.2. The highest BCUT2D eigenvalue weighted by Gasteiger charge is 2.24. The second kappa shape index (κ2) is 7.86. The van der Waals surface area contributed by atoms with Crippen LogP contribution in [0.3, 0.4) is 0 Å². The van der Waals surface area contributed by atoms with Crippen molar-refractivity contribution >= 4 is 28.6 Å². The minimum Gasteiger partial charge on any atom is -0.478 e. The van der Waals surface area contributed by atoms with E-state index in [1.54, 1.807) is 23.1 Å². The molecule has 29 heavy (non-hydrogen) atoms. The van der Waals surface area contributed by atoms with E-state index in [0.29, 0.717) is 42.9 Å². The lowest BCUT2D eigenvalue weighted by Crippen LogP contribution is -2.50. The lowest BCUT2D eigenvalue weighted by molar-refractivity contribution is 0.208. The van der Waals surface area contributed by atoms with Crippen molar-refractivity contribution in [1.29, 1.82) is 0 Å². The number of nitrogens with one attached hydrogen (secondary N) is 1. The van der Waals surface area contributed by atoms with E-state index in [-0.39, 0.29) is 23.5 Å². The Hall–Kier alpha value is -3.49. The van der Waals surface area contributed by atoms with E-state index >= 15 is 0 Å². The van der Waals surface area contributed by atoms with Gasteiger partial charge in [0.15, 0.2) is 5.82 Å². The maximum Gasteiger partial charge on any atom is 0.323 e. The average Bonchev–Trinajstić information content (AvgIpc) is 2.74. The summed E-state index contributed by atoms with van der Waals surface area (Å²) in [5, 5.41) is 2.71. The monoisotopic (exact) mass is 399 g/mol. The van der Waals surface area contributed by atoms with Crippen LogP contribution in [0.2, 0.25) is 0 Å². The number of carbonyl (C=O) groups excluding carboxylic acids is 1. The molecule has 0 aliphatic carbocycles. The van der Waals surface area contributed by atoms with Crippen molar-refractivity contribution in [3.05, 3.63) is 54.1 Å². The zero-order valence-corrected chi connectivity index (χ0v) is 15.7. The van der Waals surface area contributed by atoms with Gasteiger partial charge in [-0.05, 0) is 24.3 Å². The Bertz CT molecular complexity index is 1050. The molecule has 7 nitrogen and oxygen atoms in total. The van der Waals surface area contributed by atoms with Crippen molar-refractivity contribution in [2.75, 3.05) is 43.5 Å². The molecule has 0 spiro atoms. The van der Waals surface area contributed by atoms with Gasteiger partial charge in [0.05, 0.1) is 23.8 Å². The first kappa shape index (κ1) is 18.9. The van der Waals surface area contributed by atoms with Gasteiger partial charge in [0.25, 0.3) is 5.88 Å². The molecule has 0 unspecified atom stereocenters. The number of benzene rings is 2. The summed E-state index contributed by atoms with van der Waals surface area (Å²) in [6, 6.07) is 10.2. The molecular formula is C20H19F2N5O2. The van der Waals surface area contributed by atoms with Crippen LogP contribution >= 0.6 is 0 Å². The maximum atomic E-state index is 14.0. The van der Waals surface area contributed by atoms with Crippen molar-refractivity contribution in [2.45, 2.75) is 0 Å². The number of ether oxygens (including phenoxy) is 1. The Balaban J connectivity index is 1.46. The minimum absolute atomic E-state index is 0.0986. The zero-order valence-electron chi connectivity index (χ0n) is 15.7. The highest BCUT2D eigenvalue weighted by atomic mass is 19.1. The number of fused-ring (bicyclic) bond motifs is 1. The molecule has 0 bridgehead atoms. The number of piperazine rings is 1. The molecule has 4 rings (SSSR count). The van der Waals surface area contributed by atoms with Crippen molar-refractivity contribution in [3.63, 3.8) is 0 Å². The number of urea groups is 1. The highest BCUT2D eigenvalue weighted by Crippen LogP contribution is 2.25. The van der Waals surface area contributed by atoms with Gasteiger partial charge in [-0.25, -0.2) is 23.5 Å². The van der Waals surface area contributed by atoms with Crippen LogP contribution in [0.25, 0.3) is 11.0 Å². The predicted molar refractivity (Wildman–Crippen MR) is 105 cm³/mol. The molecule has 3 aromatic rings. The van der Waals surface area contributed by atoms with Crippen LogP contribution in [0.15, 0.2) is 42.5 Å². The molecule has 0 radical (unpaired) electrons. The summed E-state index contributed by atoms with van der Waals surface area (Å²) in [6.07, 6.45) is 0. The number of anilines is 2. The summed E-state index contributed by atoms with van der Waals surface area (Å²) in [7, 11) is 1.40. The second-order valence-corrected chi connectivity index (χ2v) is 6.57. The lowest BCUT2D eigenvalue weighted by Gasteiger charge is -2.36. The molecule has 1 fully saturated rings. The second-order valence-electron chi connectivity index (χ2n) is 6.57. The number of amides is 2. The molecule has 1 saturated heterocycles. The van der Waals surface area contributed by atoms with Crippen molar-refractivity contribution in [2.24, 2.45) is 0 Å². The first-order chi connectivity index (χ1) is 14.0. The summed E-state index contributed by atoms with van der Waals surface area (Å²) in [6.45, 7) is 1.87. The molecule has 2 heterocycles. The predicted octanol–water partition coefficient (Wildman–Crippen LogP) is 3.27. The Kier molecular flexibility index (Phi) is 5.11. The quantitative estimate of drug-likeness (QED) is 0.732. The van der Waals surface area contributed by atoms with Crippen LogP contribution in [0.5, 0.6) is 5.88 Å². The molecule has 1 aliphatic rings. The first-order valence-electron chi connectivity index (χ1n) is 9.12. The van der Waals surface area contributed by atoms with Crippen LogP contribution in [0, 0.1) is 11.6 Å². The molecule has 9 heteroatoms. The Morgan fingerprint density at radius 2 is 1.79 bits per heavy atom. The molecule has 0 atom stereocenters. The van der Waals surface area contributed by atoms with Crippen LogP contribution in [0.1, 0.15) is 0 Å². The molecule has 0 saturated carbocycles. The molecule has 2 amide bonds. The van der Waals surface area contributed by atoms with Gasteiger partial charge in [0.1, 0.15) is 11.6 Å². The van der Waals surface area contributed by atoms with Crippen LogP contribution in [-0.2, 0) is 0 Å². The maximum absolute atomic E-state index is 14.0. The standard InChI is InChI=1S/C20H19F2N5O2/c1-29-19-18(23-15-7-6-13(21)12-16(15)24-19)25-20(28)27-10-8-26(9-11-27)17-5-3-2-4-14(17)22/h2-7,12H,8-11H2,1H3,(H,23,25,28). The van der Waals surface area contributed by atoms with Crippen LogP contribution < -0.4 is 15.0 Å². The third-order valence-corrected chi connectivity index (χ3v) is 4.77. The fraction of sp³-hybridized carbons (Fsp3) is 0.250. The van der Waals surface area contributed by atoms with E-state index in [0.717, 1.165) is 0 Å².